The Bertz CT molecular complexity index is 693. The number of nitrogens with zero attached hydrogens (tertiary/aromatic N) is 2. The van der Waals surface area contributed by atoms with Gasteiger partial charge in [0.2, 0.25) is 0 Å². The molecule has 0 bridgehead atoms. The van der Waals surface area contributed by atoms with Crippen molar-refractivity contribution in [1.82, 2.24) is 15.2 Å². The van der Waals surface area contributed by atoms with Crippen molar-refractivity contribution in [1.29, 1.82) is 0 Å². The average molecular weight is 229 g/mol. The van der Waals surface area contributed by atoms with E-state index in [1.807, 2.05) is 0 Å². The number of phenols is 1. The maximum Gasteiger partial charge on any atom is 0.165 e. The van der Waals surface area contributed by atoms with E-state index >= 15 is 0 Å². The lowest BCUT2D eigenvalue weighted by Gasteiger charge is -2.03. The van der Waals surface area contributed by atoms with E-state index in [0.717, 1.165) is 10.9 Å². The lowest BCUT2D eigenvalue weighted by Crippen LogP contribution is -1.84. The van der Waals surface area contributed by atoms with Gasteiger partial charge in [0, 0.05) is 11.6 Å². The van der Waals surface area contributed by atoms with Gasteiger partial charge in [-0.2, -0.15) is 5.10 Å². The molecule has 3 aromatic rings. The molecule has 17 heavy (non-hydrogen) atoms. The first-order chi connectivity index (χ1) is 8.25. The second-order valence-electron chi connectivity index (χ2n) is 3.66. The van der Waals surface area contributed by atoms with Crippen LogP contribution in [0.15, 0.2) is 36.7 Å². The van der Waals surface area contributed by atoms with E-state index < -0.39 is 5.82 Å². The molecule has 84 valence electrons. The molecule has 0 spiro atoms. The summed E-state index contributed by atoms with van der Waals surface area (Å²) in [6.07, 6.45) is 3.27. The average Bonchev–Trinajstić information content (AvgIpc) is 2.80. The van der Waals surface area contributed by atoms with E-state index in [1.54, 1.807) is 24.5 Å². The fourth-order valence-corrected chi connectivity index (χ4v) is 1.78. The minimum atomic E-state index is -0.643. The van der Waals surface area contributed by atoms with Gasteiger partial charge in [-0.3, -0.25) is 5.10 Å². The standard InChI is InChI=1S/C12H8FN3O/c13-10-5-7(1-2-11(10)17)8-3-4-14-12-9(8)6-15-16-12/h1-6,17H,(H,14,15,16). The number of hydrogen-bond acceptors (Lipinski definition) is 3. The van der Waals surface area contributed by atoms with Crippen LogP contribution < -0.4 is 0 Å². The lowest BCUT2D eigenvalue weighted by atomic mass is 10.0. The fourth-order valence-electron chi connectivity index (χ4n) is 1.78. The van der Waals surface area contributed by atoms with Crippen molar-refractivity contribution in [3.8, 4) is 16.9 Å². The van der Waals surface area contributed by atoms with Gasteiger partial charge in [-0.15, -0.1) is 0 Å². The van der Waals surface area contributed by atoms with Crippen LogP contribution >= 0.6 is 0 Å². The van der Waals surface area contributed by atoms with Crippen LogP contribution in [0, 0.1) is 5.82 Å². The van der Waals surface area contributed by atoms with E-state index in [-0.39, 0.29) is 5.75 Å². The highest BCUT2D eigenvalue weighted by molar-refractivity contribution is 5.91. The number of hydrogen-bond donors (Lipinski definition) is 2. The van der Waals surface area contributed by atoms with Crippen molar-refractivity contribution in [3.05, 3.63) is 42.5 Å². The minimum absolute atomic E-state index is 0.355. The van der Waals surface area contributed by atoms with Crippen molar-refractivity contribution < 1.29 is 9.50 Å². The Kier molecular flexibility index (Phi) is 2.04. The van der Waals surface area contributed by atoms with Crippen LogP contribution in [0.3, 0.4) is 0 Å². The van der Waals surface area contributed by atoms with Crippen LogP contribution in [0.1, 0.15) is 0 Å². The third-order valence-electron chi connectivity index (χ3n) is 2.61. The van der Waals surface area contributed by atoms with Gasteiger partial charge in [0.25, 0.3) is 0 Å². The molecule has 2 heterocycles. The molecule has 0 unspecified atom stereocenters. The van der Waals surface area contributed by atoms with Gasteiger partial charge in [0.05, 0.1) is 6.20 Å². The molecular formula is C12H8FN3O. The van der Waals surface area contributed by atoms with Crippen molar-refractivity contribution in [2.24, 2.45) is 0 Å². The van der Waals surface area contributed by atoms with Crippen LogP contribution in [0.25, 0.3) is 22.2 Å². The Labute approximate surface area is 95.7 Å². The first-order valence-electron chi connectivity index (χ1n) is 5.02. The summed E-state index contributed by atoms with van der Waals surface area (Å²) < 4.78 is 13.3. The third kappa shape index (κ3) is 1.52. The summed E-state index contributed by atoms with van der Waals surface area (Å²) in [5, 5.41) is 16.6. The van der Waals surface area contributed by atoms with Gasteiger partial charge in [0.15, 0.2) is 17.2 Å². The van der Waals surface area contributed by atoms with Crippen LogP contribution in [-0.4, -0.2) is 20.3 Å². The molecule has 0 aliphatic rings. The largest absolute Gasteiger partial charge is 0.505 e. The number of phenolic OH excluding ortho intramolecular Hbond substituents is 1. The highest BCUT2D eigenvalue weighted by Crippen LogP contribution is 2.29. The molecule has 0 radical (unpaired) electrons. The molecule has 1 aromatic carbocycles. The summed E-state index contributed by atoms with van der Waals surface area (Å²) in [7, 11) is 0. The maximum absolute atomic E-state index is 13.3. The molecule has 0 amide bonds. The van der Waals surface area contributed by atoms with Gasteiger partial charge in [-0.25, -0.2) is 9.37 Å². The monoisotopic (exact) mass is 229 g/mol. The van der Waals surface area contributed by atoms with E-state index in [4.69, 9.17) is 5.11 Å². The Morgan fingerprint density at radius 1 is 1.24 bits per heavy atom. The normalized spacial score (nSPS) is 10.9. The zero-order valence-corrected chi connectivity index (χ0v) is 8.68. The van der Waals surface area contributed by atoms with E-state index in [2.05, 4.69) is 15.2 Å². The second kappa shape index (κ2) is 3.55. The molecule has 2 N–H and O–H groups in total. The summed E-state index contributed by atoms with van der Waals surface area (Å²) >= 11 is 0. The SMILES string of the molecule is Oc1ccc(-c2ccnc3[nH]ncc23)cc1F. The predicted molar refractivity (Wildman–Crippen MR) is 60.9 cm³/mol. The first kappa shape index (κ1) is 9.77. The highest BCUT2D eigenvalue weighted by atomic mass is 19.1. The molecule has 2 aromatic heterocycles. The molecule has 0 saturated carbocycles. The number of nitrogens with one attached hydrogen (secondary N) is 1. The Morgan fingerprint density at radius 2 is 2.12 bits per heavy atom. The zero-order chi connectivity index (χ0) is 11.8. The predicted octanol–water partition coefficient (Wildman–Crippen LogP) is 2.47. The van der Waals surface area contributed by atoms with Crippen molar-refractivity contribution in [3.63, 3.8) is 0 Å². The Balaban J connectivity index is 2.26. The molecule has 0 aliphatic carbocycles. The second-order valence-corrected chi connectivity index (χ2v) is 3.66. The molecule has 0 atom stereocenters. The molecule has 0 aliphatic heterocycles. The van der Waals surface area contributed by atoms with Gasteiger partial charge < -0.3 is 5.11 Å². The summed E-state index contributed by atoms with van der Waals surface area (Å²) in [5.41, 5.74) is 2.15. The minimum Gasteiger partial charge on any atom is -0.505 e. The number of benzene rings is 1. The third-order valence-corrected chi connectivity index (χ3v) is 2.61. The number of aromatic nitrogens is 3. The molecule has 0 fully saturated rings. The number of pyridine rings is 1. The van der Waals surface area contributed by atoms with Gasteiger partial charge in [0.1, 0.15) is 0 Å². The highest BCUT2D eigenvalue weighted by Gasteiger charge is 2.08. The summed E-state index contributed by atoms with van der Waals surface area (Å²) in [4.78, 5) is 4.11. The van der Waals surface area contributed by atoms with Crippen LogP contribution in [0.5, 0.6) is 5.75 Å². The molecular weight excluding hydrogens is 221 g/mol. The van der Waals surface area contributed by atoms with E-state index in [1.165, 1.54) is 12.1 Å². The number of aromatic hydroxyl groups is 1. The summed E-state index contributed by atoms with van der Waals surface area (Å²) in [5.74, 6) is -0.998. The van der Waals surface area contributed by atoms with Crippen molar-refractivity contribution in [2.75, 3.05) is 0 Å². The summed E-state index contributed by atoms with van der Waals surface area (Å²) in [6, 6.07) is 6.05. The Morgan fingerprint density at radius 3 is 2.94 bits per heavy atom. The molecule has 5 heteroatoms. The molecule has 3 rings (SSSR count). The fraction of sp³-hybridized carbons (Fsp3) is 0. The molecule has 4 nitrogen and oxygen atoms in total. The zero-order valence-electron chi connectivity index (χ0n) is 8.68. The number of aromatic amines is 1. The topological polar surface area (TPSA) is 61.8 Å². The smallest absolute Gasteiger partial charge is 0.165 e. The van der Waals surface area contributed by atoms with E-state index in [9.17, 15) is 4.39 Å². The van der Waals surface area contributed by atoms with Gasteiger partial charge in [-0.1, -0.05) is 6.07 Å². The van der Waals surface area contributed by atoms with E-state index in [0.29, 0.717) is 11.2 Å². The van der Waals surface area contributed by atoms with Gasteiger partial charge >= 0.3 is 0 Å². The van der Waals surface area contributed by atoms with Crippen LogP contribution in [0.2, 0.25) is 0 Å². The van der Waals surface area contributed by atoms with Gasteiger partial charge in [-0.05, 0) is 29.3 Å². The lowest BCUT2D eigenvalue weighted by molar-refractivity contribution is 0.432. The maximum atomic E-state index is 13.3. The number of rotatable bonds is 1. The Hall–Kier alpha value is -2.43. The first-order valence-corrected chi connectivity index (χ1v) is 5.02. The van der Waals surface area contributed by atoms with Crippen LogP contribution in [-0.2, 0) is 0 Å². The molecule has 0 saturated heterocycles. The van der Waals surface area contributed by atoms with Crippen LogP contribution in [0.4, 0.5) is 4.39 Å². The number of H-pyrrole nitrogens is 1. The number of fused-ring (bicyclic) bond motifs is 1. The number of halogens is 1. The van der Waals surface area contributed by atoms with Crippen molar-refractivity contribution in [2.45, 2.75) is 0 Å². The quantitative estimate of drug-likeness (QED) is 0.673. The van der Waals surface area contributed by atoms with Crippen molar-refractivity contribution >= 4 is 11.0 Å². The summed E-state index contributed by atoms with van der Waals surface area (Å²) in [6.45, 7) is 0.